The van der Waals surface area contributed by atoms with Crippen molar-refractivity contribution < 1.29 is 29.9 Å². The van der Waals surface area contributed by atoms with Crippen LogP contribution in [0.2, 0.25) is 0 Å². The lowest BCUT2D eigenvalue weighted by atomic mass is 10.0. The minimum absolute atomic E-state index is 0.0194. The zero-order valence-corrected chi connectivity index (χ0v) is 7.94. The van der Waals surface area contributed by atoms with Crippen LogP contribution < -0.4 is 0 Å². The van der Waals surface area contributed by atoms with E-state index in [1.165, 1.54) is 0 Å². The fourth-order valence-corrected chi connectivity index (χ4v) is 1.07. The molecule has 0 amide bonds. The third-order valence-corrected chi connectivity index (χ3v) is 1.73. The molecular weight excluding hydrogens is 192 g/mol. The first-order valence-electron chi connectivity index (χ1n) is 4.05. The average molecular weight is 204 g/mol. The van der Waals surface area contributed by atoms with Crippen molar-refractivity contribution in [2.24, 2.45) is 0 Å². The van der Waals surface area contributed by atoms with Gasteiger partial charge in [0.15, 0.2) is 0 Å². The van der Waals surface area contributed by atoms with Crippen LogP contribution in [0, 0.1) is 0 Å². The molecule has 0 aromatic carbocycles. The summed E-state index contributed by atoms with van der Waals surface area (Å²) < 4.78 is 0. The van der Waals surface area contributed by atoms with Gasteiger partial charge in [0.05, 0.1) is 11.1 Å². The lowest BCUT2D eigenvalue weighted by molar-refractivity contribution is -0.232. The van der Waals surface area contributed by atoms with E-state index in [4.69, 9.17) is 10.5 Å². The molecule has 0 aliphatic rings. The lowest BCUT2D eigenvalue weighted by Gasteiger charge is -2.06. The number of hydrogen-bond acceptors (Lipinski definition) is 6. The number of carbonyl (C=O) groups is 2. The summed E-state index contributed by atoms with van der Waals surface area (Å²) >= 11 is 0. The zero-order valence-electron chi connectivity index (χ0n) is 7.94. The maximum Gasteiger partial charge on any atom is 0.369 e. The van der Waals surface area contributed by atoms with Crippen molar-refractivity contribution >= 4 is 11.9 Å². The predicted molar refractivity (Wildman–Crippen MR) is 45.0 cm³/mol. The first kappa shape index (κ1) is 12.6. The van der Waals surface area contributed by atoms with Gasteiger partial charge in [-0.3, -0.25) is 9.78 Å². The summed E-state index contributed by atoms with van der Waals surface area (Å²) in [7, 11) is 0. The molecule has 0 saturated heterocycles. The predicted octanol–water partition coefficient (Wildman–Crippen LogP) is 1.14. The smallest absolute Gasteiger partial charge is 0.296 e. The fourth-order valence-electron chi connectivity index (χ4n) is 1.07. The first-order chi connectivity index (χ1) is 6.62. The molecule has 0 heterocycles. The Labute approximate surface area is 80.6 Å². The molecule has 0 spiro atoms. The Bertz CT molecular complexity index is 229. The van der Waals surface area contributed by atoms with Crippen molar-refractivity contribution in [1.29, 1.82) is 0 Å². The number of hydrogen-bond donors (Lipinski definition) is 2. The number of rotatable bonds is 4. The molecule has 0 rings (SSSR count). The van der Waals surface area contributed by atoms with Gasteiger partial charge in [0.25, 0.3) is 0 Å². The molecule has 0 unspecified atom stereocenters. The van der Waals surface area contributed by atoms with Crippen LogP contribution in [0.15, 0.2) is 11.1 Å². The normalized spacial score (nSPS) is 11.7. The summed E-state index contributed by atoms with van der Waals surface area (Å²) in [5.41, 5.74) is -0.0388. The highest BCUT2D eigenvalue weighted by molar-refractivity contribution is 5.99. The lowest BCUT2D eigenvalue weighted by Crippen LogP contribution is -2.14. The van der Waals surface area contributed by atoms with Crippen LogP contribution in [0.4, 0.5) is 0 Å². The standard InChI is InChI=1S/C8H12O6/c1-3-5(7(9)13-11)6(4-2)8(10)14-12/h11-12H,3-4H2,1-2H3. The monoisotopic (exact) mass is 204 g/mol. The average Bonchev–Trinajstić information content (AvgIpc) is 2.23. The topological polar surface area (TPSA) is 93.1 Å². The van der Waals surface area contributed by atoms with Crippen molar-refractivity contribution in [3.05, 3.63) is 11.1 Å². The molecular formula is C8H12O6. The second-order valence-corrected chi connectivity index (χ2v) is 2.42. The Hall–Kier alpha value is -1.40. The largest absolute Gasteiger partial charge is 0.369 e. The second-order valence-electron chi connectivity index (χ2n) is 2.42. The molecule has 80 valence electrons. The Morgan fingerprint density at radius 1 is 0.929 bits per heavy atom. The SMILES string of the molecule is CCC(C(=O)OO)=C(CC)C(=O)OO. The van der Waals surface area contributed by atoms with Crippen LogP contribution in [-0.4, -0.2) is 22.5 Å². The van der Waals surface area contributed by atoms with Gasteiger partial charge in [-0.05, 0) is 12.8 Å². The maximum atomic E-state index is 10.9. The summed E-state index contributed by atoms with van der Waals surface area (Å²) in [4.78, 5) is 28.9. The number of carbonyl (C=O) groups excluding carboxylic acids is 2. The Kier molecular flexibility index (Phi) is 5.50. The van der Waals surface area contributed by atoms with Gasteiger partial charge < -0.3 is 0 Å². The van der Waals surface area contributed by atoms with Gasteiger partial charge in [-0.25, -0.2) is 9.59 Å². The molecule has 2 N–H and O–H groups in total. The van der Waals surface area contributed by atoms with E-state index in [-0.39, 0.29) is 24.0 Å². The molecule has 14 heavy (non-hydrogen) atoms. The Balaban J connectivity index is 5.11. The van der Waals surface area contributed by atoms with E-state index in [9.17, 15) is 9.59 Å². The molecule has 0 saturated carbocycles. The van der Waals surface area contributed by atoms with E-state index in [0.29, 0.717) is 0 Å². The minimum atomic E-state index is -1.02. The van der Waals surface area contributed by atoms with Gasteiger partial charge in [-0.1, -0.05) is 13.8 Å². The van der Waals surface area contributed by atoms with Crippen LogP contribution in [0.25, 0.3) is 0 Å². The molecule has 0 atom stereocenters. The highest BCUT2D eigenvalue weighted by Gasteiger charge is 2.20. The van der Waals surface area contributed by atoms with Crippen LogP contribution in [0.1, 0.15) is 26.7 Å². The van der Waals surface area contributed by atoms with Crippen LogP contribution in [-0.2, 0) is 19.4 Å². The highest BCUT2D eigenvalue weighted by Crippen LogP contribution is 2.15. The summed E-state index contributed by atoms with van der Waals surface area (Å²) in [5.74, 6) is -2.04. The second kappa shape index (κ2) is 6.11. The van der Waals surface area contributed by atoms with E-state index >= 15 is 0 Å². The third-order valence-electron chi connectivity index (χ3n) is 1.73. The molecule has 6 heteroatoms. The third kappa shape index (κ3) is 2.82. The summed E-state index contributed by atoms with van der Waals surface area (Å²) in [6, 6.07) is 0. The van der Waals surface area contributed by atoms with Crippen molar-refractivity contribution in [1.82, 2.24) is 0 Å². The van der Waals surface area contributed by atoms with Crippen molar-refractivity contribution in [2.45, 2.75) is 26.7 Å². The maximum absolute atomic E-state index is 10.9. The molecule has 0 bridgehead atoms. The summed E-state index contributed by atoms with van der Waals surface area (Å²) in [6.07, 6.45) is 0.384. The first-order valence-corrected chi connectivity index (χ1v) is 4.05. The minimum Gasteiger partial charge on any atom is -0.296 e. The fraction of sp³-hybridized carbons (Fsp3) is 0.500. The van der Waals surface area contributed by atoms with Crippen molar-refractivity contribution in [3.8, 4) is 0 Å². The van der Waals surface area contributed by atoms with Gasteiger partial charge in [0, 0.05) is 0 Å². The molecule has 0 aromatic heterocycles. The van der Waals surface area contributed by atoms with Gasteiger partial charge in [-0.2, -0.15) is 10.5 Å². The van der Waals surface area contributed by atoms with Gasteiger partial charge in [0.1, 0.15) is 0 Å². The van der Waals surface area contributed by atoms with Crippen LogP contribution in [0.5, 0.6) is 0 Å². The molecule has 0 aromatic rings. The molecule has 0 aliphatic carbocycles. The highest BCUT2D eigenvalue weighted by atomic mass is 17.1. The van der Waals surface area contributed by atoms with Gasteiger partial charge in [-0.15, -0.1) is 0 Å². The van der Waals surface area contributed by atoms with Crippen molar-refractivity contribution in [3.63, 3.8) is 0 Å². The van der Waals surface area contributed by atoms with Crippen LogP contribution >= 0.6 is 0 Å². The quantitative estimate of drug-likeness (QED) is 0.405. The molecule has 0 radical (unpaired) electrons. The summed E-state index contributed by atoms with van der Waals surface area (Å²) in [5, 5.41) is 16.3. The van der Waals surface area contributed by atoms with Crippen molar-refractivity contribution in [2.75, 3.05) is 0 Å². The van der Waals surface area contributed by atoms with E-state index < -0.39 is 11.9 Å². The van der Waals surface area contributed by atoms with E-state index in [1.54, 1.807) is 13.8 Å². The molecule has 6 nitrogen and oxygen atoms in total. The Morgan fingerprint density at radius 3 is 1.36 bits per heavy atom. The Morgan fingerprint density at radius 2 is 1.21 bits per heavy atom. The van der Waals surface area contributed by atoms with Gasteiger partial charge >= 0.3 is 11.9 Å². The van der Waals surface area contributed by atoms with Gasteiger partial charge in [0.2, 0.25) is 0 Å². The summed E-state index contributed by atoms with van der Waals surface area (Å²) in [6.45, 7) is 3.21. The van der Waals surface area contributed by atoms with E-state index in [1.807, 2.05) is 0 Å². The zero-order chi connectivity index (χ0) is 11.1. The van der Waals surface area contributed by atoms with E-state index in [0.717, 1.165) is 0 Å². The van der Waals surface area contributed by atoms with Crippen LogP contribution in [0.3, 0.4) is 0 Å². The molecule has 0 fully saturated rings. The van der Waals surface area contributed by atoms with E-state index in [2.05, 4.69) is 9.78 Å². The molecule has 0 aliphatic heterocycles.